The van der Waals surface area contributed by atoms with Crippen LogP contribution in [0.1, 0.15) is 51.4 Å². The molecule has 0 bridgehead atoms. The first kappa shape index (κ1) is 24.5. The zero-order chi connectivity index (χ0) is 22.9. The van der Waals surface area contributed by atoms with Gasteiger partial charge in [0.15, 0.2) is 17.6 Å². The van der Waals surface area contributed by atoms with Crippen LogP contribution in [0.5, 0.6) is 11.5 Å². The van der Waals surface area contributed by atoms with Crippen molar-refractivity contribution < 1.29 is 23.8 Å². The lowest BCUT2D eigenvalue weighted by molar-refractivity contribution is -0.121. The summed E-state index contributed by atoms with van der Waals surface area (Å²) in [6.07, 6.45) is 7.74. The van der Waals surface area contributed by atoms with Crippen LogP contribution in [-0.4, -0.2) is 67.5 Å². The molecule has 3 aliphatic heterocycles. The SMILES string of the molecule is O=C(CCCCC1SCC2NC(=O)NC21)NCCCCCCOCC1COc2cscc2O1. The maximum absolute atomic E-state index is 12.0. The molecular formula is C23H35N3O5S2. The van der Waals surface area contributed by atoms with Gasteiger partial charge in [0.2, 0.25) is 5.91 Å². The van der Waals surface area contributed by atoms with E-state index in [0.717, 1.165) is 75.3 Å². The van der Waals surface area contributed by atoms with Gasteiger partial charge in [0.1, 0.15) is 6.61 Å². The van der Waals surface area contributed by atoms with Crippen molar-refractivity contribution in [2.24, 2.45) is 0 Å². The topological polar surface area (TPSA) is 97.9 Å². The normalized spacial score (nSPS) is 25.4. The molecule has 0 spiro atoms. The summed E-state index contributed by atoms with van der Waals surface area (Å²) in [7, 11) is 0. The molecule has 1 aromatic rings. The van der Waals surface area contributed by atoms with Crippen LogP contribution in [0.3, 0.4) is 0 Å². The van der Waals surface area contributed by atoms with Crippen LogP contribution >= 0.6 is 23.1 Å². The zero-order valence-electron chi connectivity index (χ0n) is 19.0. The molecule has 3 aliphatic rings. The van der Waals surface area contributed by atoms with Crippen LogP contribution in [0.4, 0.5) is 4.79 Å². The standard InChI is InChI=1S/C23H35N3O5S2/c27-21(8-4-3-7-20-22-17(13-33-20)25-23(28)26-22)24-9-5-1-2-6-10-29-11-16-12-30-18-14-32-15-19(18)31-16/h14-17,20,22H,1-13H2,(H,24,27)(H2,25,26,28). The molecule has 8 nitrogen and oxygen atoms in total. The number of thiophene rings is 1. The van der Waals surface area contributed by atoms with Crippen LogP contribution in [-0.2, 0) is 9.53 Å². The number of unbranched alkanes of at least 4 members (excludes halogenated alkanes) is 4. The molecule has 2 saturated heterocycles. The number of hydrogen-bond donors (Lipinski definition) is 3. The number of urea groups is 1. The van der Waals surface area contributed by atoms with E-state index in [4.69, 9.17) is 14.2 Å². The molecular weight excluding hydrogens is 462 g/mol. The van der Waals surface area contributed by atoms with Gasteiger partial charge in [-0.1, -0.05) is 19.3 Å². The van der Waals surface area contributed by atoms with E-state index >= 15 is 0 Å². The lowest BCUT2D eigenvalue weighted by atomic mass is 10.0. The second kappa shape index (κ2) is 12.7. The van der Waals surface area contributed by atoms with E-state index in [-0.39, 0.29) is 30.1 Å². The molecule has 184 valence electrons. The van der Waals surface area contributed by atoms with Gasteiger partial charge in [0.05, 0.1) is 18.7 Å². The van der Waals surface area contributed by atoms with Gasteiger partial charge in [-0.05, 0) is 25.7 Å². The Morgan fingerprint density at radius 3 is 2.94 bits per heavy atom. The van der Waals surface area contributed by atoms with Crippen molar-refractivity contribution in [3.8, 4) is 11.5 Å². The van der Waals surface area contributed by atoms with E-state index in [1.807, 2.05) is 22.5 Å². The summed E-state index contributed by atoms with van der Waals surface area (Å²) in [6, 6.07) is 0.493. The number of nitrogens with one attached hydrogen (secondary N) is 3. The largest absolute Gasteiger partial charge is 0.485 e. The van der Waals surface area contributed by atoms with E-state index in [1.165, 1.54) is 0 Å². The Bertz CT molecular complexity index is 777. The van der Waals surface area contributed by atoms with E-state index in [1.54, 1.807) is 11.3 Å². The van der Waals surface area contributed by atoms with E-state index < -0.39 is 0 Å². The van der Waals surface area contributed by atoms with Gasteiger partial charge in [-0.2, -0.15) is 11.8 Å². The first-order chi connectivity index (χ1) is 16.2. The highest BCUT2D eigenvalue weighted by atomic mass is 32.2. The van der Waals surface area contributed by atoms with Crippen LogP contribution in [0.15, 0.2) is 10.8 Å². The molecule has 0 saturated carbocycles. The molecule has 33 heavy (non-hydrogen) atoms. The smallest absolute Gasteiger partial charge is 0.315 e. The van der Waals surface area contributed by atoms with Crippen molar-refractivity contribution in [2.75, 3.05) is 32.1 Å². The number of amides is 3. The predicted octanol–water partition coefficient (Wildman–Crippen LogP) is 3.31. The molecule has 4 rings (SSSR count). The van der Waals surface area contributed by atoms with Gasteiger partial charge < -0.3 is 30.2 Å². The lowest BCUT2D eigenvalue weighted by Crippen LogP contribution is -2.36. The average Bonchev–Trinajstić information content (AvgIpc) is 3.51. The van der Waals surface area contributed by atoms with Crippen molar-refractivity contribution in [2.45, 2.75) is 74.8 Å². The number of rotatable bonds is 14. The average molecular weight is 498 g/mol. The number of carbonyl (C=O) groups excluding carboxylic acids is 2. The monoisotopic (exact) mass is 497 g/mol. The first-order valence-electron chi connectivity index (χ1n) is 12.1. The number of fused-ring (bicyclic) bond motifs is 2. The maximum Gasteiger partial charge on any atom is 0.315 e. The van der Waals surface area contributed by atoms with E-state index in [2.05, 4.69) is 16.0 Å². The molecule has 10 heteroatoms. The Morgan fingerprint density at radius 2 is 2.00 bits per heavy atom. The second-order valence-corrected chi connectivity index (χ2v) is 10.9. The highest BCUT2D eigenvalue weighted by Gasteiger charge is 2.42. The molecule has 0 radical (unpaired) electrons. The molecule has 3 N–H and O–H groups in total. The molecule has 4 atom stereocenters. The summed E-state index contributed by atoms with van der Waals surface area (Å²) in [5, 5.41) is 13.4. The quantitative estimate of drug-likeness (QED) is 0.270. The van der Waals surface area contributed by atoms with Crippen LogP contribution in [0.25, 0.3) is 0 Å². The van der Waals surface area contributed by atoms with Gasteiger partial charge in [-0.15, -0.1) is 11.3 Å². The summed E-state index contributed by atoms with van der Waals surface area (Å²) in [6.45, 7) is 2.57. The highest BCUT2D eigenvalue weighted by Crippen LogP contribution is 2.35. The lowest BCUT2D eigenvalue weighted by Gasteiger charge is -2.24. The zero-order valence-corrected chi connectivity index (χ0v) is 20.6. The van der Waals surface area contributed by atoms with Crippen molar-refractivity contribution in [3.05, 3.63) is 10.8 Å². The Kier molecular flexibility index (Phi) is 9.43. The number of ether oxygens (including phenoxy) is 3. The van der Waals surface area contributed by atoms with Crippen molar-refractivity contribution in [3.63, 3.8) is 0 Å². The van der Waals surface area contributed by atoms with Crippen LogP contribution < -0.4 is 25.4 Å². The first-order valence-corrected chi connectivity index (χ1v) is 14.1. The fourth-order valence-corrected chi connectivity index (χ4v) is 6.65. The third kappa shape index (κ3) is 7.42. The minimum absolute atomic E-state index is 0.0308. The molecule has 2 fully saturated rings. The van der Waals surface area contributed by atoms with Crippen LogP contribution in [0.2, 0.25) is 0 Å². The molecule has 3 amide bonds. The van der Waals surface area contributed by atoms with Gasteiger partial charge in [-0.25, -0.2) is 4.79 Å². The summed E-state index contributed by atoms with van der Waals surface area (Å²) < 4.78 is 17.2. The summed E-state index contributed by atoms with van der Waals surface area (Å²) in [4.78, 5) is 23.4. The van der Waals surface area contributed by atoms with Crippen molar-refractivity contribution in [1.29, 1.82) is 0 Å². The summed E-state index contributed by atoms with van der Waals surface area (Å²) in [5.74, 6) is 2.79. The van der Waals surface area contributed by atoms with Gasteiger partial charge >= 0.3 is 6.03 Å². The van der Waals surface area contributed by atoms with Gasteiger partial charge in [-0.3, -0.25) is 4.79 Å². The number of carbonyl (C=O) groups is 2. The Balaban J connectivity index is 0.920. The van der Waals surface area contributed by atoms with E-state index in [0.29, 0.717) is 24.9 Å². The minimum atomic E-state index is -0.0381. The van der Waals surface area contributed by atoms with Crippen LogP contribution in [0, 0.1) is 0 Å². The number of thioether (sulfide) groups is 1. The van der Waals surface area contributed by atoms with Gasteiger partial charge in [0.25, 0.3) is 0 Å². The summed E-state index contributed by atoms with van der Waals surface area (Å²) in [5.41, 5.74) is 0. The second-order valence-electron chi connectivity index (χ2n) is 8.86. The minimum Gasteiger partial charge on any atom is -0.485 e. The Hall–Kier alpha value is -1.65. The Labute approximate surface area is 203 Å². The third-order valence-corrected chi connectivity index (χ3v) is 8.44. The fraction of sp³-hybridized carbons (Fsp3) is 0.739. The highest BCUT2D eigenvalue weighted by molar-refractivity contribution is 8.00. The molecule has 4 unspecified atom stereocenters. The molecule has 1 aromatic heterocycles. The summed E-state index contributed by atoms with van der Waals surface area (Å²) >= 11 is 3.51. The third-order valence-electron chi connectivity index (χ3n) is 6.23. The Morgan fingerprint density at radius 1 is 1.12 bits per heavy atom. The maximum atomic E-state index is 12.0. The number of hydrogen-bond acceptors (Lipinski definition) is 7. The fourth-order valence-electron chi connectivity index (χ4n) is 4.43. The molecule has 4 heterocycles. The van der Waals surface area contributed by atoms with E-state index in [9.17, 15) is 9.59 Å². The van der Waals surface area contributed by atoms with Crippen molar-refractivity contribution >= 4 is 35.0 Å². The molecule has 0 aromatic carbocycles. The van der Waals surface area contributed by atoms with Crippen molar-refractivity contribution in [1.82, 2.24) is 16.0 Å². The van der Waals surface area contributed by atoms with Gasteiger partial charge in [0, 0.05) is 41.3 Å². The predicted molar refractivity (Wildman–Crippen MR) is 130 cm³/mol. The molecule has 0 aliphatic carbocycles.